The number of rotatable bonds is 4. The summed E-state index contributed by atoms with van der Waals surface area (Å²) in [5.74, 6) is -0.477. The van der Waals surface area contributed by atoms with Crippen LogP contribution in [0.25, 0.3) is 0 Å². The zero-order valence-corrected chi connectivity index (χ0v) is 16.0. The molecule has 6 nitrogen and oxygen atoms in total. The Kier molecular flexibility index (Phi) is 5.94. The van der Waals surface area contributed by atoms with E-state index in [-0.39, 0.29) is 23.9 Å². The molecule has 1 amide bonds. The molecule has 1 aromatic carbocycles. The van der Waals surface area contributed by atoms with Crippen LogP contribution < -0.4 is 4.90 Å². The summed E-state index contributed by atoms with van der Waals surface area (Å²) in [5, 5.41) is 0. The van der Waals surface area contributed by atoms with Gasteiger partial charge >= 0.3 is 0 Å². The van der Waals surface area contributed by atoms with E-state index in [4.69, 9.17) is 0 Å². The number of amides is 1. The van der Waals surface area contributed by atoms with Gasteiger partial charge < -0.3 is 9.80 Å². The van der Waals surface area contributed by atoms with Crippen LogP contribution in [0.15, 0.2) is 29.2 Å². The zero-order valence-electron chi connectivity index (χ0n) is 15.2. The number of piperazine rings is 1. The molecule has 8 heteroatoms. The van der Waals surface area contributed by atoms with Crippen molar-refractivity contribution in [3.8, 4) is 0 Å². The van der Waals surface area contributed by atoms with Gasteiger partial charge in [0.25, 0.3) is 5.91 Å². The number of piperidine rings is 1. The predicted molar refractivity (Wildman–Crippen MR) is 95.7 cm³/mol. The Labute approximate surface area is 154 Å². The average molecular weight is 384 g/mol. The van der Waals surface area contributed by atoms with Gasteiger partial charge in [0.1, 0.15) is 5.82 Å². The van der Waals surface area contributed by atoms with Crippen molar-refractivity contribution < 1.29 is 22.5 Å². The molecule has 2 fully saturated rings. The van der Waals surface area contributed by atoms with E-state index in [0.717, 1.165) is 25.5 Å². The normalized spacial score (nSPS) is 25.2. The second-order valence-electron chi connectivity index (χ2n) is 7.22. The summed E-state index contributed by atoms with van der Waals surface area (Å²) in [7, 11) is -3.72. The first-order valence-corrected chi connectivity index (χ1v) is 10.7. The van der Waals surface area contributed by atoms with Gasteiger partial charge in [-0.1, -0.05) is 6.07 Å². The number of hydrogen-bond acceptors (Lipinski definition) is 3. The zero-order chi connectivity index (χ0) is 18.7. The second-order valence-corrected chi connectivity index (χ2v) is 9.16. The maximum Gasteiger partial charge on any atom is 0.277 e. The van der Waals surface area contributed by atoms with Gasteiger partial charge in [-0.15, -0.1) is 0 Å². The third-order valence-electron chi connectivity index (χ3n) is 5.49. The second kappa shape index (κ2) is 8.02. The number of carbonyl (C=O) groups is 1. The maximum absolute atomic E-state index is 13.3. The summed E-state index contributed by atoms with van der Waals surface area (Å²) in [6, 6.07) is 5.55. The van der Waals surface area contributed by atoms with Gasteiger partial charge in [-0.25, -0.2) is 12.8 Å². The molecule has 0 saturated carbocycles. The minimum atomic E-state index is -3.72. The summed E-state index contributed by atoms with van der Waals surface area (Å²) >= 11 is 0. The third-order valence-corrected chi connectivity index (χ3v) is 7.38. The highest BCUT2D eigenvalue weighted by Gasteiger charge is 2.32. The van der Waals surface area contributed by atoms with E-state index in [1.165, 1.54) is 33.8 Å². The molecule has 1 aromatic rings. The molecule has 0 spiro atoms. The molecule has 2 saturated heterocycles. The number of hydrogen-bond donors (Lipinski definition) is 1. The minimum absolute atomic E-state index is 0.0381. The molecule has 0 aromatic heterocycles. The number of sulfonamides is 1. The van der Waals surface area contributed by atoms with Gasteiger partial charge in [0, 0.05) is 26.2 Å². The molecule has 1 N–H and O–H groups in total. The first kappa shape index (κ1) is 19.3. The van der Waals surface area contributed by atoms with E-state index in [0.29, 0.717) is 25.7 Å². The monoisotopic (exact) mass is 384 g/mol. The molecule has 26 heavy (non-hydrogen) atoms. The fourth-order valence-electron chi connectivity index (χ4n) is 3.78. The van der Waals surface area contributed by atoms with Crippen LogP contribution in [0.2, 0.25) is 0 Å². The fourth-order valence-corrected chi connectivity index (χ4v) is 5.23. The lowest BCUT2D eigenvalue weighted by Crippen LogP contribution is -3.17. The van der Waals surface area contributed by atoms with Gasteiger partial charge in [-0.2, -0.15) is 4.31 Å². The summed E-state index contributed by atoms with van der Waals surface area (Å²) in [4.78, 5) is 15.6. The van der Waals surface area contributed by atoms with Crippen molar-refractivity contribution >= 4 is 15.9 Å². The van der Waals surface area contributed by atoms with Gasteiger partial charge in [-0.05, 0) is 44.4 Å². The standard InChI is InChI=1S/C18H26FN3O3S/c1-15-5-2-3-8-21(15)14-18(23)20-9-11-22(12-10-20)26(24,25)17-7-4-6-16(19)13-17/h4,6-7,13,15H,2-3,5,8-12,14H2,1H3/p+1/t15-/m1/s1. The highest BCUT2D eigenvalue weighted by Crippen LogP contribution is 2.18. The first-order valence-electron chi connectivity index (χ1n) is 9.26. The van der Waals surface area contributed by atoms with Crippen LogP contribution in [-0.2, 0) is 14.8 Å². The van der Waals surface area contributed by atoms with Crippen LogP contribution >= 0.6 is 0 Å². The Morgan fingerprint density at radius 1 is 1.23 bits per heavy atom. The van der Waals surface area contributed by atoms with Crippen LogP contribution in [0.3, 0.4) is 0 Å². The van der Waals surface area contributed by atoms with E-state index in [9.17, 15) is 17.6 Å². The van der Waals surface area contributed by atoms with Gasteiger partial charge in [0.15, 0.2) is 6.54 Å². The first-order chi connectivity index (χ1) is 12.4. The lowest BCUT2D eigenvalue weighted by Gasteiger charge is -2.36. The number of nitrogens with one attached hydrogen (secondary N) is 1. The van der Waals surface area contributed by atoms with Crippen LogP contribution in [0.1, 0.15) is 26.2 Å². The molecule has 2 aliphatic heterocycles. The van der Waals surface area contributed by atoms with E-state index < -0.39 is 15.8 Å². The molecule has 1 unspecified atom stereocenters. The fraction of sp³-hybridized carbons (Fsp3) is 0.611. The molecule has 2 heterocycles. The third kappa shape index (κ3) is 4.24. The van der Waals surface area contributed by atoms with Crippen molar-refractivity contribution in [1.82, 2.24) is 9.21 Å². The number of halogens is 1. The van der Waals surface area contributed by atoms with Crippen LogP contribution in [0.4, 0.5) is 4.39 Å². The van der Waals surface area contributed by atoms with Crippen molar-refractivity contribution in [3.05, 3.63) is 30.1 Å². The van der Waals surface area contributed by atoms with Crippen molar-refractivity contribution in [2.24, 2.45) is 0 Å². The molecule has 3 rings (SSSR count). The summed E-state index contributed by atoms with van der Waals surface area (Å²) in [5.41, 5.74) is 0. The van der Waals surface area contributed by atoms with Crippen LogP contribution in [-0.4, -0.2) is 68.8 Å². The number of nitrogens with zero attached hydrogens (tertiary/aromatic N) is 2. The molecular formula is C18H27FN3O3S+. The lowest BCUT2D eigenvalue weighted by atomic mass is 10.0. The number of carbonyl (C=O) groups excluding carboxylic acids is 1. The number of quaternary nitrogens is 1. The number of benzene rings is 1. The van der Waals surface area contributed by atoms with Gasteiger partial charge in [-0.3, -0.25) is 4.79 Å². The minimum Gasteiger partial charge on any atom is -0.335 e. The Morgan fingerprint density at radius 3 is 2.62 bits per heavy atom. The molecule has 144 valence electrons. The Morgan fingerprint density at radius 2 is 1.96 bits per heavy atom. The van der Waals surface area contributed by atoms with E-state index in [2.05, 4.69) is 6.92 Å². The SMILES string of the molecule is C[C@@H]1CCCC[NH+]1CC(=O)N1CCN(S(=O)(=O)c2cccc(F)c2)CC1. The Bertz CT molecular complexity index is 748. The molecule has 0 aliphatic carbocycles. The largest absolute Gasteiger partial charge is 0.335 e. The van der Waals surface area contributed by atoms with Crippen molar-refractivity contribution in [2.45, 2.75) is 37.1 Å². The highest BCUT2D eigenvalue weighted by molar-refractivity contribution is 7.89. The van der Waals surface area contributed by atoms with Gasteiger partial charge in [0.05, 0.1) is 17.5 Å². The smallest absolute Gasteiger partial charge is 0.277 e. The molecule has 2 atom stereocenters. The highest BCUT2D eigenvalue weighted by atomic mass is 32.2. The number of likely N-dealkylation sites (tertiary alicyclic amines) is 1. The quantitative estimate of drug-likeness (QED) is 0.802. The van der Waals surface area contributed by atoms with Crippen molar-refractivity contribution in [3.63, 3.8) is 0 Å². The summed E-state index contributed by atoms with van der Waals surface area (Å²) in [6.45, 7) is 4.96. The van der Waals surface area contributed by atoms with Crippen molar-refractivity contribution in [2.75, 3.05) is 39.3 Å². The van der Waals surface area contributed by atoms with Crippen LogP contribution in [0.5, 0.6) is 0 Å². The van der Waals surface area contributed by atoms with Gasteiger partial charge in [0.2, 0.25) is 10.0 Å². The van der Waals surface area contributed by atoms with E-state index in [1.807, 2.05) is 0 Å². The summed E-state index contributed by atoms with van der Waals surface area (Å²) in [6.07, 6.45) is 3.55. The molecular weight excluding hydrogens is 357 g/mol. The predicted octanol–water partition coefficient (Wildman–Crippen LogP) is 0.116. The lowest BCUT2D eigenvalue weighted by molar-refractivity contribution is -0.921. The van der Waals surface area contributed by atoms with Crippen LogP contribution in [0, 0.1) is 5.82 Å². The Hall–Kier alpha value is -1.51. The topological polar surface area (TPSA) is 62.1 Å². The molecule has 0 radical (unpaired) electrons. The van der Waals surface area contributed by atoms with E-state index >= 15 is 0 Å². The maximum atomic E-state index is 13.3. The molecule has 0 bridgehead atoms. The molecule has 2 aliphatic rings. The average Bonchev–Trinajstić information content (AvgIpc) is 2.63. The van der Waals surface area contributed by atoms with E-state index in [1.54, 1.807) is 4.90 Å². The Balaban J connectivity index is 1.57. The summed E-state index contributed by atoms with van der Waals surface area (Å²) < 4.78 is 39.9. The van der Waals surface area contributed by atoms with Crippen molar-refractivity contribution in [1.29, 1.82) is 0 Å².